The Morgan fingerprint density at radius 3 is 2.81 bits per heavy atom. The average molecular weight is 290 g/mol. The van der Waals surface area contributed by atoms with Gasteiger partial charge in [-0.25, -0.2) is 0 Å². The number of aromatic nitrogens is 1. The Morgan fingerprint density at radius 1 is 1.38 bits per heavy atom. The zero-order chi connectivity index (χ0) is 15.4. The molecule has 0 bridgehead atoms. The molecular weight excluding hydrogens is 264 g/mol. The number of hydrogen-bond acceptors (Lipinski definition) is 3. The van der Waals surface area contributed by atoms with E-state index in [2.05, 4.69) is 4.98 Å². The highest BCUT2D eigenvalue weighted by Crippen LogP contribution is 2.23. The lowest BCUT2D eigenvalue weighted by atomic mass is 10.0. The van der Waals surface area contributed by atoms with Crippen molar-refractivity contribution in [2.75, 3.05) is 6.54 Å². The molecule has 2 unspecified atom stereocenters. The highest BCUT2D eigenvalue weighted by atomic mass is 16.3. The Bertz CT molecular complexity index is 500. The highest BCUT2D eigenvalue weighted by Gasteiger charge is 2.28. The van der Waals surface area contributed by atoms with Gasteiger partial charge in [-0.2, -0.15) is 0 Å². The Morgan fingerprint density at radius 2 is 2.14 bits per heavy atom. The summed E-state index contributed by atoms with van der Waals surface area (Å²) in [7, 11) is 0. The topological polar surface area (TPSA) is 53.4 Å². The molecular formula is C17H26N2O2. The van der Waals surface area contributed by atoms with Crippen LogP contribution in [0.1, 0.15) is 60.8 Å². The Kier molecular flexibility index (Phi) is 5.34. The van der Waals surface area contributed by atoms with E-state index < -0.39 is 0 Å². The first-order valence-corrected chi connectivity index (χ1v) is 7.92. The summed E-state index contributed by atoms with van der Waals surface area (Å²) in [6.45, 7) is 6.40. The summed E-state index contributed by atoms with van der Waals surface area (Å²) >= 11 is 0. The molecule has 116 valence electrons. The third-order valence-corrected chi connectivity index (χ3v) is 4.21. The maximum absolute atomic E-state index is 12.9. The summed E-state index contributed by atoms with van der Waals surface area (Å²) in [5.74, 6) is 0.0625. The van der Waals surface area contributed by atoms with Crippen molar-refractivity contribution in [1.29, 1.82) is 0 Å². The number of aliphatic hydroxyl groups is 1. The molecule has 1 aromatic heterocycles. The van der Waals surface area contributed by atoms with Crippen LogP contribution in [0.4, 0.5) is 0 Å². The first kappa shape index (κ1) is 16.0. The van der Waals surface area contributed by atoms with Crippen molar-refractivity contribution < 1.29 is 9.90 Å². The lowest BCUT2D eigenvalue weighted by Crippen LogP contribution is -2.41. The van der Waals surface area contributed by atoms with Crippen LogP contribution in [0.5, 0.6) is 0 Å². The molecule has 0 aliphatic carbocycles. The molecule has 1 aliphatic heterocycles. The first-order valence-electron chi connectivity index (χ1n) is 7.92. The van der Waals surface area contributed by atoms with Gasteiger partial charge < -0.3 is 10.0 Å². The van der Waals surface area contributed by atoms with Crippen molar-refractivity contribution in [2.24, 2.45) is 0 Å². The van der Waals surface area contributed by atoms with Crippen LogP contribution in [-0.4, -0.2) is 39.6 Å². The monoisotopic (exact) mass is 290 g/mol. The maximum Gasteiger partial charge on any atom is 0.255 e. The molecule has 0 spiro atoms. The van der Waals surface area contributed by atoms with Crippen LogP contribution in [0.2, 0.25) is 0 Å². The molecule has 1 saturated heterocycles. The van der Waals surface area contributed by atoms with Crippen molar-refractivity contribution in [3.63, 3.8) is 0 Å². The zero-order valence-electron chi connectivity index (χ0n) is 13.3. The number of amides is 1. The fraction of sp³-hybridized carbons (Fsp3) is 0.647. The van der Waals surface area contributed by atoms with E-state index in [-0.39, 0.29) is 18.1 Å². The minimum absolute atomic E-state index is 0.0625. The van der Waals surface area contributed by atoms with Gasteiger partial charge in [0.2, 0.25) is 0 Å². The summed E-state index contributed by atoms with van der Waals surface area (Å²) in [5.41, 5.74) is 2.42. The van der Waals surface area contributed by atoms with E-state index in [1.807, 2.05) is 30.9 Å². The minimum atomic E-state index is -0.374. The molecule has 4 heteroatoms. The van der Waals surface area contributed by atoms with Crippen LogP contribution >= 0.6 is 0 Å². The van der Waals surface area contributed by atoms with Crippen molar-refractivity contribution in [3.8, 4) is 0 Å². The average Bonchev–Trinajstić information content (AvgIpc) is 2.63. The third-order valence-electron chi connectivity index (χ3n) is 4.21. The second kappa shape index (κ2) is 7.03. The van der Waals surface area contributed by atoms with Gasteiger partial charge in [0, 0.05) is 18.3 Å². The SMILES string of the molecule is Cc1ccc(C(=O)N2CCCCCC2CC(C)O)c(C)n1. The summed E-state index contributed by atoms with van der Waals surface area (Å²) in [6, 6.07) is 3.91. The van der Waals surface area contributed by atoms with E-state index in [4.69, 9.17) is 0 Å². The second-order valence-electron chi connectivity index (χ2n) is 6.17. The quantitative estimate of drug-likeness (QED) is 0.931. The lowest BCUT2D eigenvalue weighted by molar-refractivity contribution is 0.0606. The molecule has 2 heterocycles. The minimum Gasteiger partial charge on any atom is -0.393 e. The standard InChI is InChI=1S/C17H26N2O2/c1-12-8-9-16(14(3)18-12)17(21)19-10-6-4-5-7-15(19)11-13(2)20/h8-9,13,15,20H,4-7,10-11H2,1-3H3. The van der Waals surface area contributed by atoms with Gasteiger partial charge in [0.05, 0.1) is 17.4 Å². The molecule has 1 aliphatic rings. The number of likely N-dealkylation sites (tertiary alicyclic amines) is 1. The number of rotatable bonds is 3. The number of aryl methyl sites for hydroxylation is 2. The zero-order valence-corrected chi connectivity index (χ0v) is 13.3. The molecule has 1 aromatic rings. The molecule has 1 fully saturated rings. The van der Waals surface area contributed by atoms with Crippen molar-refractivity contribution in [2.45, 2.75) is 65.0 Å². The van der Waals surface area contributed by atoms with Crippen molar-refractivity contribution in [1.82, 2.24) is 9.88 Å². The number of aliphatic hydroxyl groups excluding tert-OH is 1. The van der Waals surface area contributed by atoms with Gasteiger partial charge >= 0.3 is 0 Å². The molecule has 1 amide bonds. The fourth-order valence-electron chi connectivity index (χ4n) is 3.15. The Hall–Kier alpha value is -1.42. The highest BCUT2D eigenvalue weighted by molar-refractivity contribution is 5.95. The summed E-state index contributed by atoms with van der Waals surface area (Å²) in [5, 5.41) is 9.71. The van der Waals surface area contributed by atoms with Gasteiger partial charge in [-0.05, 0) is 52.2 Å². The number of hydrogen-bond donors (Lipinski definition) is 1. The van der Waals surface area contributed by atoms with Gasteiger partial charge in [-0.15, -0.1) is 0 Å². The molecule has 2 rings (SSSR count). The number of carbonyl (C=O) groups excluding carboxylic acids is 1. The summed E-state index contributed by atoms with van der Waals surface area (Å²) in [4.78, 5) is 19.2. The molecule has 4 nitrogen and oxygen atoms in total. The van der Waals surface area contributed by atoms with Gasteiger partial charge in [0.25, 0.3) is 5.91 Å². The van der Waals surface area contributed by atoms with Gasteiger partial charge in [-0.3, -0.25) is 9.78 Å². The molecule has 0 radical (unpaired) electrons. The van der Waals surface area contributed by atoms with Crippen LogP contribution in [0, 0.1) is 13.8 Å². The largest absolute Gasteiger partial charge is 0.393 e. The number of pyridine rings is 1. The van der Waals surface area contributed by atoms with Crippen molar-refractivity contribution in [3.05, 3.63) is 29.1 Å². The predicted octanol–water partition coefficient (Wildman–Crippen LogP) is 2.85. The van der Waals surface area contributed by atoms with E-state index in [1.165, 1.54) is 0 Å². The van der Waals surface area contributed by atoms with E-state index in [0.29, 0.717) is 12.0 Å². The molecule has 2 atom stereocenters. The third kappa shape index (κ3) is 4.03. The normalized spacial score (nSPS) is 21.0. The molecule has 0 saturated carbocycles. The predicted molar refractivity (Wildman–Crippen MR) is 83.3 cm³/mol. The second-order valence-corrected chi connectivity index (χ2v) is 6.17. The Labute approximate surface area is 127 Å². The van der Waals surface area contributed by atoms with E-state index in [0.717, 1.165) is 43.6 Å². The first-order chi connectivity index (χ1) is 9.99. The summed E-state index contributed by atoms with van der Waals surface area (Å²) < 4.78 is 0. The number of carbonyl (C=O) groups is 1. The molecule has 21 heavy (non-hydrogen) atoms. The van der Waals surface area contributed by atoms with Gasteiger partial charge in [0.15, 0.2) is 0 Å². The fourth-order valence-corrected chi connectivity index (χ4v) is 3.15. The number of nitrogens with zero attached hydrogens (tertiary/aromatic N) is 2. The van der Waals surface area contributed by atoms with E-state index in [1.54, 1.807) is 6.92 Å². The Balaban J connectivity index is 2.24. The van der Waals surface area contributed by atoms with Crippen LogP contribution in [0.15, 0.2) is 12.1 Å². The van der Waals surface area contributed by atoms with Gasteiger partial charge in [0.1, 0.15) is 0 Å². The van der Waals surface area contributed by atoms with E-state index in [9.17, 15) is 9.90 Å². The van der Waals surface area contributed by atoms with Crippen LogP contribution in [0.3, 0.4) is 0 Å². The molecule has 1 N–H and O–H groups in total. The molecule has 0 aromatic carbocycles. The van der Waals surface area contributed by atoms with Gasteiger partial charge in [-0.1, -0.05) is 12.8 Å². The van der Waals surface area contributed by atoms with Crippen molar-refractivity contribution >= 4 is 5.91 Å². The maximum atomic E-state index is 12.9. The van der Waals surface area contributed by atoms with Crippen LogP contribution in [0.25, 0.3) is 0 Å². The van der Waals surface area contributed by atoms with Crippen LogP contribution in [-0.2, 0) is 0 Å². The smallest absolute Gasteiger partial charge is 0.255 e. The lowest BCUT2D eigenvalue weighted by Gasteiger charge is -2.31. The summed E-state index contributed by atoms with van der Waals surface area (Å²) in [6.07, 6.45) is 4.59. The van der Waals surface area contributed by atoms with Crippen LogP contribution < -0.4 is 0 Å². The van der Waals surface area contributed by atoms with E-state index >= 15 is 0 Å².